The van der Waals surface area contributed by atoms with E-state index in [4.69, 9.17) is 21.4 Å². The number of halogens is 2. The number of ether oxygens (including phenoxy) is 1. The van der Waals surface area contributed by atoms with Gasteiger partial charge in [0.2, 0.25) is 0 Å². The first-order valence-corrected chi connectivity index (χ1v) is 7.98. The molecule has 0 atom stereocenters. The van der Waals surface area contributed by atoms with Gasteiger partial charge in [-0.2, -0.15) is 5.10 Å². The third kappa shape index (κ3) is 2.60. The average molecular weight is 332 g/mol. The normalized spacial score (nSPS) is 16.1. The second-order valence-corrected chi connectivity index (χ2v) is 6.06. The SMILES string of the molecule is Fc1cc(-n2nc(C3CCOCC3)c3ncccc32)ccc1Cl. The van der Waals surface area contributed by atoms with E-state index in [9.17, 15) is 4.39 Å². The van der Waals surface area contributed by atoms with Crippen molar-refractivity contribution in [3.05, 3.63) is 53.1 Å². The monoisotopic (exact) mass is 331 g/mol. The molecule has 2 aromatic heterocycles. The van der Waals surface area contributed by atoms with Gasteiger partial charge in [0.15, 0.2) is 0 Å². The Morgan fingerprint density at radius 2 is 2.04 bits per heavy atom. The van der Waals surface area contributed by atoms with Crippen molar-refractivity contribution in [2.75, 3.05) is 13.2 Å². The van der Waals surface area contributed by atoms with Crippen LogP contribution in [0.15, 0.2) is 36.5 Å². The van der Waals surface area contributed by atoms with Crippen molar-refractivity contribution in [3.63, 3.8) is 0 Å². The Kier molecular flexibility index (Phi) is 3.75. The standard InChI is InChI=1S/C17H15ClFN3O/c18-13-4-3-12(10-14(13)19)22-15-2-1-7-20-17(15)16(21-22)11-5-8-23-9-6-11/h1-4,7,10-11H,5-6,8-9H2. The van der Waals surface area contributed by atoms with Gasteiger partial charge in [0.05, 0.1) is 21.9 Å². The molecular formula is C17H15ClFN3O. The Hall–Kier alpha value is -1.98. The highest BCUT2D eigenvalue weighted by atomic mass is 35.5. The molecule has 3 aromatic rings. The predicted molar refractivity (Wildman–Crippen MR) is 86.6 cm³/mol. The van der Waals surface area contributed by atoms with Crippen LogP contribution in [0.2, 0.25) is 5.02 Å². The van der Waals surface area contributed by atoms with Gasteiger partial charge in [-0.05, 0) is 37.1 Å². The fraction of sp³-hybridized carbons (Fsp3) is 0.294. The van der Waals surface area contributed by atoms with Gasteiger partial charge in [-0.25, -0.2) is 9.07 Å². The number of fused-ring (bicyclic) bond motifs is 1. The van der Waals surface area contributed by atoms with Crippen molar-refractivity contribution in [3.8, 4) is 5.69 Å². The van der Waals surface area contributed by atoms with Gasteiger partial charge in [-0.15, -0.1) is 0 Å². The Morgan fingerprint density at radius 1 is 1.22 bits per heavy atom. The molecule has 0 spiro atoms. The number of aromatic nitrogens is 3. The maximum atomic E-state index is 13.8. The number of benzene rings is 1. The molecule has 4 rings (SSSR count). The van der Waals surface area contributed by atoms with Crippen LogP contribution in [0.4, 0.5) is 4.39 Å². The zero-order chi connectivity index (χ0) is 15.8. The first kappa shape index (κ1) is 14.6. The van der Waals surface area contributed by atoms with E-state index in [-0.39, 0.29) is 5.02 Å². The van der Waals surface area contributed by atoms with E-state index in [1.165, 1.54) is 6.07 Å². The van der Waals surface area contributed by atoms with Gasteiger partial charge in [-0.1, -0.05) is 11.6 Å². The summed E-state index contributed by atoms with van der Waals surface area (Å²) in [5.74, 6) is -0.135. The lowest BCUT2D eigenvalue weighted by molar-refractivity contribution is 0.0846. The highest BCUT2D eigenvalue weighted by Gasteiger charge is 2.23. The summed E-state index contributed by atoms with van der Waals surface area (Å²) in [7, 11) is 0. The number of hydrogen-bond acceptors (Lipinski definition) is 3. The van der Waals surface area contributed by atoms with Gasteiger partial charge < -0.3 is 4.74 Å². The molecular weight excluding hydrogens is 317 g/mol. The van der Waals surface area contributed by atoms with Crippen LogP contribution >= 0.6 is 11.6 Å². The molecule has 3 heterocycles. The summed E-state index contributed by atoms with van der Waals surface area (Å²) in [6.45, 7) is 1.48. The zero-order valence-corrected chi connectivity index (χ0v) is 13.1. The van der Waals surface area contributed by atoms with E-state index in [1.807, 2.05) is 12.1 Å². The lowest BCUT2D eigenvalue weighted by Gasteiger charge is -2.20. The third-order valence-corrected chi connectivity index (χ3v) is 4.53. The molecule has 0 N–H and O–H groups in total. The molecule has 1 fully saturated rings. The van der Waals surface area contributed by atoms with Crippen LogP contribution in [0, 0.1) is 5.82 Å². The molecule has 1 saturated heterocycles. The molecule has 6 heteroatoms. The van der Waals surface area contributed by atoms with E-state index >= 15 is 0 Å². The van der Waals surface area contributed by atoms with Crippen LogP contribution in [-0.4, -0.2) is 28.0 Å². The highest BCUT2D eigenvalue weighted by molar-refractivity contribution is 6.30. The summed E-state index contributed by atoms with van der Waals surface area (Å²) >= 11 is 5.78. The number of rotatable bonds is 2. The average Bonchev–Trinajstić information content (AvgIpc) is 2.98. The van der Waals surface area contributed by atoms with Crippen LogP contribution in [0.3, 0.4) is 0 Å². The summed E-state index contributed by atoms with van der Waals surface area (Å²) in [6.07, 6.45) is 3.62. The minimum atomic E-state index is -0.454. The van der Waals surface area contributed by atoms with Crippen molar-refractivity contribution in [1.29, 1.82) is 0 Å². The molecule has 1 aliphatic rings. The first-order chi connectivity index (χ1) is 11.2. The fourth-order valence-electron chi connectivity index (χ4n) is 3.03. The van der Waals surface area contributed by atoms with Gasteiger partial charge >= 0.3 is 0 Å². The van der Waals surface area contributed by atoms with Crippen LogP contribution in [-0.2, 0) is 4.74 Å². The van der Waals surface area contributed by atoms with E-state index in [2.05, 4.69) is 4.98 Å². The zero-order valence-electron chi connectivity index (χ0n) is 12.4. The number of hydrogen-bond donors (Lipinski definition) is 0. The van der Waals surface area contributed by atoms with Gasteiger partial charge in [0.1, 0.15) is 11.3 Å². The maximum Gasteiger partial charge on any atom is 0.143 e. The molecule has 4 nitrogen and oxygen atoms in total. The largest absolute Gasteiger partial charge is 0.381 e. The summed E-state index contributed by atoms with van der Waals surface area (Å²) in [5, 5.41) is 4.85. The molecule has 0 amide bonds. The highest BCUT2D eigenvalue weighted by Crippen LogP contribution is 2.32. The van der Waals surface area contributed by atoms with Crippen LogP contribution in [0.5, 0.6) is 0 Å². The number of nitrogens with zero attached hydrogens (tertiary/aromatic N) is 3. The Morgan fingerprint density at radius 3 is 2.83 bits per heavy atom. The van der Waals surface area contributed by atoms with Gasteiger partial charge in [-0.3, -0.25) is 4.98 Å². The van der Waals surface area contributed by atoms with Crippen molar-refractivity contribution < 1.29 is 9.13 Å². The Balaban J connectivity index is 1.88. The number of pyridine rings is 1. The molecule has 0 bridgehead atoms. The van der Waals surface area contributed by atoms with Crippen molar-refractivity contribution >= 4 is 22.6 Å². The molecule has 0 radical (unpaired) electrons. The molecule has 23 heavy (non-hydrogen) atoms. The van der Waals surface area contributed by atoms with Crippen molar-refractivity contribution in [2.45, 2.75) is 18.8 Å². The molecule has 0 aliphatic carbocycles. The summed E-state index contributed by atoms with van der Waals surface area (Å²) in [6, 6.07) is 8.52. The predicted octanol–water partition coefficient (Wildman–Crippen LogP) is 4.11. The summed E-state index contributed by atoms with van der Waals surface area (Å²) in [5.41, 5.74) is 3.34. The molecule has 1 aliphatic heterocycles. The van der Waals surface area contributed by atoms with Crippen molar-refractivity contribution in [2.24, 2.45) is 0 Å². The lowest BCUT2D eigenvalue weighted by atomic mass is 9.96. The third-order valence-electron chi connectivity index (χ3n) is 4.22. The van der Waals surface area contributed by atoms with Crippen LogP contribution in [0.25, 0.3) is 16.7 Å². The Labute approximate surface area is 137 Å². The Bertz CT molecular complexity index is 858. The molecule has 118 valence electrons. The maximum absolute atomic E-state index is 13.8. The van der Waals surface area contributed by atoms with Gasteiger partial charge in [0, 0.05) is 31.4 Å². The summed E-state index contributed by atoms with van der Waals surface area (Å²) < 4.78 is 21.0. The van der Waals surface area contributed by atoms with E-state index in [0.717, 1.165) is 42.8 Å². The second-order valence-electron chi connectivity index (χ2n) is 5.65. The van der Waals surface area contributed by atoms with Crippen LogP contribution < -0.4 is 0 Å². The fourth-order valence-corrected chi connectivity index (χ4v) is 3.15. The minimum Gasteiger partial charge on any atom is -0.381 e. The van der Waals surface area contributed by atoms with Gasteiger partial charge in [0.25, 0.3) is 0 Å². The molecule has 0 unspecified atom stereocenters. The second kappa shape index (κ2) is 5.91. The van der Waals surface area contributed by atoms with Crippen LogP contribution in [0.1, 0.15) is 24.5 Å². The first-order valence-electron chi connectivity index (χ1n) is 7.61. The lowest BCUT2D eigenvalue weighted by Crippen LogP contribution is -2.15. The topological polar surface area (TPSA) is 39.9 Å². The smallest absolute Gasteiger partial charge is 0.143 e. The van der Waals surface area contributed by atoms with E-state index < -0.39 is 5.82 Å². The molecule has 1 aromatic carbocycles. The quantitative estimate of drug-likeness (QED) is 0.709. The minimum absolute atomic E-state index is 0.105. The van der Waals surface area contributed by atoms with E-state index in [0.29, 0.717) is 11.6 Å². The van der Waals surface area contributed by atoms with Crippen molar-refractivity contribution in [1.82, 2.24) is 14.8 Å². The molecule has 0 saturated carbocycles. The summed E-state index contributed by atoms with van der Waals surface area (Å²) in [4.78, 5) is 4.50. The van der Waals surface area contributed by atoms with E-state index in [1.54, 1.807) is 23.0 Å².